The van der Waals surface area contributed by atoms with Gasteiger partial charge in [-0.2, -0.15) is 0 Å². The van der Waals surface area contributed by atoms with E-state index in [2.05, 4.69) is 0 Å². The van der Waals surface area contributed by atoms with Crippen molar-refractivity contribution in [3.63, 3.8) is 0 Å². The lowest BCUT2D eigenvalue weighted by Gasteiger charge is -2.04. The molecule has 2 N–H and O–H groups in total. The Balaban J connectivity index is 3.20. The van der Waals surface area contributed by atoms with Crippen LogP contribution < -0.4 is 5.73 Å². The fourth-order valence-electron chi connectivity index (χ4n) is 0.886. The van der Waals surface area contributed by atoms with Crippen molar-refractivity contribution in [3.8, 4) is 0 Å². The van der Waals surface area contributed by atoms with Crippen LogP contribution in [0.4, 0.5) is 0 Å². The van der Waals surface area contributed by atoms with Crippen molar-refractivity contribution in [1.82, 2.24) is 0 Å². The van der Waals surface area contributed by atoms with Gasteiger partial charge < -0.3 is 10.5 Å². The molecule has 0 aliphatic carbocycles. The number of hydrogen-bond acceptors (Lipinski definition) is 3. The molecule has 0 aliphatic rings. The van der Waals surface area contributed by atoms with Crippen molar-refractivity contribution >= 4 is 10.8 Å². The first-order valence-corrected chi connectivity index (χ1v) is 6.34. The summed E-state index contributed by atoms with van der Waals surface area (Å²) >= 11 is 0. The summed E-state index contributed by atoms with van der Waals surface area (Å²) < 4.78 is 16.5. The lowest BCUT2D eigenvalue weighted by molar-refractivity contribution is 0.149. The molecule has 4 heteroatoms. The quantitative estimate of drug-likeness (QED) is 0.602. The summed E-state index contributed by atoms with van der Waals surface area (Å²) in [5.74, 6) is 1.47. The molecule has 0 aromatic rings. The second-order valence-electron chi connectivity index (χ2n) is 3.16. The second kappa shape index (κ2) is 8.66. The molecule has 80 valence electrons. The highest BCUT2D eigenvalue weighted by Crippen LogP contribution is 1.94. The van der Waals surface area contributed by atoms with Crippen LogP contribution in [0.1, 0.15) is 26.7 Å². The Morgan fingerprint density at radius 2 is 2.15 bits per heavy atom. The monoisotopic (exact) mass is 207 g/mol. The van der Waals surface area contributed by atoms with Gasteiger partial charge in [0.2, 0.25) is 0 Å². The molecule has 0 bridgehead atoms. The molecule has 0 radical (unpaired) electrons. The molecule has 0 saturated heterocycles. The van der Waals surface area contributed by atoms with Gasteiger partial charge in [-0.25, -0.2) is 0 Å². The maximum Gasteiger partial charge on any atom is 0.0474 e. The number of hydrogen-bond donors (Lipinski definition) is 1. The number of ether oxygens (including phenoxy) is 1. The molecular weight excluding hydrogens is 186 g/mol. The average molecular weight is 207 g/mol. The predicted molar refractivity (Wildman–Crippen MR) is 57.3 cm³/mol. The summed E-state index contributed by atoms with van der Waals surface area (Å²) in [4.78, 5) is 0. The number of nitrogens with two attached hydrogens (primary N) is 1. The van der Waals surface area contributed by atoms with E-state index in [1.165, 1.54) is 0 Å². The van der Waals surface area contributed by atoms with E-state index in [4.69, 9.17) is 10.5 Å². The topological polar surface area (TPSA) is 52.3 Å². The smallest absolute Gasteiger partial charge is 0.0474 e. The molecule has 0 aromatic carbocycles. The minimum Gasteiger partial charge on any atom is -0.382 e. The third-order valence-electron chi connectivity index (χ3n) is 1.67. The Labute approximate surface area is 83.5 Å². The molecule has 3 nitrogen and oxygen atoms in total. The van der Waals surface area contributed by atoms with Gasteiger partial charge in [0.25, 0.3) is 0 Å². The third-order valence-corrected chi connectivity index (χ3v) is 3.10. The largest absolute Gasteiger partial charge is 0.382 e. The lowest BCUT2D eigenvalue weighted by atomic mass is 10.3. The minimum absolute atomic E-state index is 0.163. The van der Waals surface area contributed by atoms with Crippen LogP contribution >= 0.6 is 0 Å². The van der Waals surface area contributed by atoms with Crippen molar-refractivity contribution in [2.45, 2.75) is 32.7 Å². The van der Waals surface area contributed by atoms with Gasteiger partial charge in [0.05, 0.1) is 0 Å². The van der Waals surface area contributed by atoms with Crippen LogP contribution in [0, 0.1) is 0 Å². The van der Waals surface area contributed by atoms with E-state index in [0.717, 1.165) is 37.6 Å². The SMILES string of the molecule is CCOCCCS(=O)CCC(C)N. The fraction of sp³-hybridized carbons (Fsp3) is 1.00. The minimum atomic E-state index is -0.704. The highest BCUT2D eigenvalue weighted by molar-refractivity contribution is 7.84. The van der Waals surface area contributed by atoms with Crippen LogP contribution in [0.2, 0.25) is 0 Å². The summed E-state index contributed by atoms with van der Waals surface area (Å²) in [6.45, 7) is 5.37. The Kier molecular flexibility index (Phi) is 8.71. The standard InChI is InChI=1S/C9H21NO2S/c1-3-12-6-4-7-13(11)8-5-9(2)10/h9H,3-8,10H2,1-2H3. The zero-order valence-electron chi connectivity index (χ0n) is 8.62. The molecule has 0 aromatic heterocycles. The van der Waals surface area contributed by atoms with Gasteiger partial charge in [-0.05, 0) is 26.7 Å². The van der Waals surface area contributed by atoms with Crippen LogP contribution in [0.25, 0.3) is 0 Å². The number of rotatable bonds is 8. The van der Waals surface area contributed by atoms with Crippen LogP contribution in [-0.2, 0) is 15.5 Å². The van der Waals surface area contributed by atoms with E-state index in [-0.39, 0.29) is 6.04 Å². The summed E-state index contributed by atoms with van der Waals surface area (Å²) in [5, 5.41) is 0. The van der Waals surface area contributed by atoms with Gasteiger partial charge in [0, 0.05) is 41.6 Å². The fourth-order valence-corrected chi connectivity index (χ4v) is 2.16. The summed E-state index contributed by atoms with van der Waals surface area (Å²) in [6.07, 6.45) is 1.74. The van der Waals surface area contributed by atoms with Crippen molar-refractivity contribution in [2.75, 3.05) is 24.7 Å². The molecule has 0 heterocycles. The highest BCUT2D eigenvalue weighted by atomic mass is 32.2. The molecular formula is C9H21NO2S. The Morgan fingerprint density at radius 3 is 2.69 bits per heavy atom. The molecule has 0 saturated carbocycles. The predicted octanol–water partition coefficient (Wildman–Crippen LogP) is 0.899. The van der Waals surface area contributed by atoms with E-state index in [9.17, 15) is 4.21 Å². The summed E-state index contributed by atoms with van der Waals surface area (Å²) in [5.41, 5.74) is 5.56. The van der Waals surface area contributed by atoms with Crippen LogP contribution in [0.15, 0.2) is 0 Å². The summed E-state index contributed by atoms with van der Waals surface area (Å²) in [7, 11) is -0.704. The molecule has 0 rings (SSSR count). The van der Waals surface area contributed by atoms with Crippen molar-refractivity contribution < 1.29 is 8.95 Å². The Morgan fingerprint density at radius 1 is 1.46 bits per heavy atom. The third kappa shape index (κ3) is 9.99. The molecule has 0 amide bonds. The first-order valence-electron chi connectivity index (χ1n) is 4.85. The zero-order chi connectivity index (χ0) is 10.1. The highest BCUT2D eigenvalue weighted by Gasteiger charge is 2.01. The molecule has 13 heavy (non-hydrogen) atoms. The molecule has 0 aliphatic heterocycles. The van der Waals surface area contributed by atoms with Crippen LogP contribution in [0.5, 0.6) is 0 Å². The molecule has 0 fully saturated rings. The van der Waals surface area contributed by atoms with Gasteiger partial charge >= 0.3 is 0 Å². The molecule has 2 unspecified atom stereocenters. The van der Waals surface area contributed by atoms with Gasteiger partial charge in [0.15, 0.2) is 0 Å². The van der Waals surface area contributed by atoms with Gasteiger partial charge in [-0.15, -0.1) is 0 Å². The molecule has 2 atom stereocenters. The van der Waals surface area contributed by atoms with Crippen LogP contribution in [0.3, 0.4) is 0 Å². The van der Waals surface area contributed by atoms with Crippen LogP contribution in [-0.4, -0.2) is 35.0 Å². The lowest BCUT2D eigenvalue weighted by Crippen LogP contribution is -2.18. The Hall–Kier alpha value is 0.0700. The van der Waals surface area contributed by atoms with Crippen molar-refractivity contribution in [1.29, 1.82) is 0 Å². The first kappa shape index (κ1) is 13.1. The van der Waals surface area contributed by atoms with Gasteiger partial charge in [0.1, 0.15) is 0 Å². The van der Waals surface area contributed by atoms with E-state index in [1.807, 2.05) is 13.8 Å². The van der Waals surface area contributed by atoms with Crippen molar-refractivity contribution in [2.24, 2.45) is 5.73 Å². The van der Waals surface area contributed by atoms with E-state index >= 15 is 0 Å². The van der Waals surface area contributed by atoms with E-state index in [0.29, 0.717) is 0 Å². The van der Waals surface area contributed by atoms with Gasteiger partial charge in [-0.3, -0.25) is 4.21 Å². The zero-order valence-corrected chi connectivity index (χ0v) is 9.44. The normalized spacial score (nSPS) is 15.6. The maximum atomic E-state index is 11.3. The second-order valence-corrected chi connectivity index (χ2v) is 4.86. The van der Waals surface area contributed by atoms with E-state index in [1.54, 1.807) is 0 Å². The average Bonchev–Trinajstić information content (AvgIpc) is 2.09. The van der Waals surface area contributed by atoms with Crippen molar-refractivity contribution in [3.05, 3.63) is 0 Å². The molecule has 0 spiro atoms. The maximum absolute atomic E-state index is 11.3. The first-order chi connectivity index (χ1) is 6.16. The Bertz CT molecular complexity index is 140. The van der Waals surface area contributed by atoms with Gasteiger partial charge in [-0.1, -0.05) is 0 Å². The summed E-state index contributed by atoms with van der Waals surface area (Å²) in [6, 6.07) is 0.163. The van der Waals surface area contributed by atoms with E-state index < -0.39 is 10.8 Å².